The van der Waals surface area contributed by atoms with E-state index in [9.17, 15) is 13.6 Å². The van der Waals surface area contributed by atoms with E-state index in [4.69, 9.17) is 4.52 Å². The fourth-order valence-corrected chi connectivity index (χ4v) is 4.89. The van der Waals surface area contributed by atoms with E-state index in [2.05, 4.69) is 56.8 Å². The predicted molar refractivity (Wildman–Crippen MR) is 159 cm³/mol. The molecule has 0 aliphatic heterocycles. The van der Waals surface area contributed by atoms with Gasteiger partial charge in [0.1, 0.15) is 11.6 Å². The van der Waals surface area contributed by atoms with Crippen molar-refractivity contribution < 1.29 is 18.1 Å². The first-order chi connectivity index (χ1) is 19.6. The van der Waals surface area contributed by atoms with Crippen molar-refractivity contribution in [2.45, 2.75) is 38.5 Å². The summed E-state index contributed by atoms with van der Waals surface area (Å²) in [5, 5.41) is 4.46. The largest absolute Gasteiger partial charge is 0.356 e. The van der Waals surface area contributed by atoms with E-state index < -0.39 is 11.6 Å². The second-order valence-electron chi connectivity index (χ2n) is 11.2. The van der Waals surface area contributed by atoms with Crippen LogP contribution in [0.1, 0.15) is 59.4 Å². The van der Waals surface area contributed by atoms with Gasteiger partial charge in [0, 0.05) is 34.7 Å². The average molecular weight is 548 g/mol. The van der Waals surface area contributed by atoms with Crippen LogP contribution in [-0.2, 0) is 11.8 Å². The Morgan fingerprint density at radius 1 is 0.878 bits per heavy atom. The summed E-state index contributed by atoms with van der Waals surface area (Å²) in [7, 11) is 0. The number of benzene rings is 4. The highest BCUT2D eigenvalue weighted by molar-refractivity contribution is 6.04. The van der Waals surface area contributed by atoms with Crippen LogP contribution in [0.5, 0.6) is 0 Å². The number of nitrogens with zero attached hydrogens (tertiary/aromatic N) is 1. The van der Waals surface area contributed by atoms with Crippen LogP contribution in [0.25, 0.3) is 22.5 Å². The first kappa shape index (κ1) is 27.9. The number of rotatable bonds is 8. The number of hydrogen-bond donors (Lipinski definition) is 0. The van der Waals surface area contributed by atoms with E-state index in [-0.39, 0.29) is 17.1 Å². The molecule has 4 aromatic carbocycles. The lowest BCUT2D eigenvalue weighted by Crippen LogP contribution is -2.12. The summed E-state index contributed by atoms with van der Waals surface area (Å²) in [6.07, 6.45) is 1.97. The minimum absolute atomic E-state index is 0.0333. The molecule has 0 saturated carbocycles. The quantitative estimate of drug-likeness (QED) is 0.144. The average Bonchev–Trinajstić information content (AvgIpc) is 3.46. The zero-order valence-corrected chi connectivity index (χ0v) is 23.3. The molecule has 0 bridgehead atoms. The number of ketones is 1. The zero-order chi connectivity index (χ0) is 29.1. The fourth-order valence-electron chi connectivity index (χ4n) is 4.89. The van der Waals surface area contributed by atoms with Crippen LogP contribution in [0, 0.1) is 11.6 Å². The maximum Gasteiger partial charge on any atom is 0.185 e. The first-order valence-electron chi connectivity index (χ1n) is 13.5. The van der Waals surface area contributed by atoms with Crippen LogP contribution in [-0.4, -0.2) is 10.9 Å². The third-order valence-electron chi connectivity index (χ3n) is 7.34. The molecule has 1 aromatic heterocycles. The third kappa shape index (κ3) is 6.25. The normalized spacial score (nSPS) is 12.2. The minimum Gasteiger partial charge on any atom is -0.356 e. The molecule has 0 fully saturated rings. The van der Waals surface area contributed by atoms with Crippen molar-refractivity contribution in [1.82, 2.24) is 5.16 Å². The number of hydrogen-bond acceptors (Lipinski definition) is 3. The molecule has 0 spiro atoms. The van der Waals surface area contributed by atoms with Gasteiger partial charge in [0.05, 0.1) is 5.69 Å². The van der Waals surface area contributed by atoms with Crippen molar-refractivity contribution in [1.29, 1.82) is 0 Å². The number of carbonyl (C=O) groups excluding carboxylic acids is 1. The lowest BCUT2D eigenvalue weighted by Gasteiger charge is -2.21. The second-order valence-corrected chi connectivity index (χ2v) is 11.2. The van der Waals surface area contributed by atoms with Gasteiger partial charge >= 0.3 is 0 Å². The molecule has 0 amide bonds. The molecular formula is C36H31F2NO2. The number of carbonyl (C=O) groups is 1. The Labute approximate surface area is 239 Å². The monoisotopic (exact) mass is 547 g/mol. The minimum atomic E-state index is -0.610. The molecular weight excluding hydrogens is 516 g/mol. The van der Waals surface area contributed by atoms with Gasteiger partial charge in [0.2, 0.25) is 0 Å². The van der Waals surface area contributed by atoms with Gasteiger partial charge in [-0.15, -0.1) is 0 Å². The third-order valence-corrected chi connectivity index (χ3v) is 7.34. The van der Waals surface area contributed by atoms with E-state index in [1.165, 1.54) is 23.8 Å². The highest BCUT2D eigenvalue weighted by Gasteiger charge is 2.22. The Balaban J connectivity index is 1.45. The Bertz CT molecular complexity index is 1680. The van der Waals surface area contributed by atoms with Gasteiger partial charge in [-0.2, -0.15) is 0 Å². The summed E-state index contributed by atoms with van der Waals surface area (Å²) in [6, 6.07) is 28.9. The summed E-state index contributed by atoms with van der Waals surface area (Å²) < 4.78 is 33.4. The molecule has 3 nitrogen and oxygen atoms in total. The van der Waals surface area contributed by atoms with E-state index in [1.807, 2.05) is 42.5 Å². The topological polar surface area (TPSA) is 43.1 Å². The summed E-state index contributed by atoms with van der Waals surface area (Å²) in [5.74, 6) is -0.826. The fraction of sp³-hybridized carbons (Fsp3) is 0.167. The number of allylic oxidation sites excluding steroid dienone is 1. The summed E-state index contributed by atoms with van der Waals surface area (Å²) in [4.78, 5) is 12.0. The van der Waals surface area contributed by atoms with E-state index in [0.29, 0.717) is 28.9 Å². The van der Waals surface area contributed by atoms with Gasteiger partial charge in [-0.05, 0) is 52.3 Å². The van der Waals surface area contributed by atoms with Crippen LogP contribution < -0.4 is 0 Å². The lowest BCUT2D eigenvalue weighted by atomic mass is 9.83. The molecule has 0 N–H and O–H groups in total. The van der Waals surface area contributed by atoms with Crippen molar-refractivity contribution in [2.24, 2.45) is 0 Å². The molecule has 0 saturated heterocycles. The van der Waals surface area contributed by atoms with Crippen LogP contribution in [0.15, 0.2) is 114 Å². The highest BCUT2D eigenvalue weighted by atomic mass is 19.1. The second kappa shape index (κ2) is 11.5. The van der Waals surface area contributed by atoms with Crippen molar-refractivity contribution in [3.8, 4) is 22.5 Å². The van der Waals surface area contributed by atoms with Crippen LogP contribution in [0.4, 0.5) is 8.78 Å². The van der Waals surface area contributed by atoms with E-state index in [1.54, 1.807) is 12.1 Å². The van der Waals surface area contributed by atoms with Crippen LogP contribution in [0.2, 0.25) is 0 Å². The maximum atomic E-state index is 14.3. The molecule has 0 aliphatic rings. The first-order valence-corrected chi connectivity index (χ1v) is 13.5. The molecule has 0 radical (unpaired) electrons. The molecule has 1 heterocycles. The summed E-state index contributed by atoms with van der Waals surface area (Å²) >= 11 is 0. The standard InChI is InChI=1S/C36H31F2NO2/c1-5-34(40)26-8-6-23(7-9-26)20-31(25-14-16-28(17-15-25)36(2,3)4)33-22-35(41-39-33)27-12-10-24(11-13-27)30-19-18-29(37)21-32(30)38/h5-19,21-22,31H,1,20H2,2-4H3. The number of halogens is 2. The zero-order valence-electron chi connectivity index (χ0n) is 23.3. The van der Waals surface area contributed by atoms with Crippen molar-refractivity contribution in [3.05, 3.63) is 149 Å². The molecule has 1 atom stereocenters. The van der Waals surface area contributed by atoms with Crippen molar-refractivity contribution in [2.75, 3.05) is 0 Å². The molecule has 206 valence electrons. The van der Waals surface area contributed by atoms with Crippen molar-refractivity contribution in [3.63, 3.8) is 0 Å². The van der Waals surface area contributed by atoms with Gasteiger partial charge in [-0.1, -0.05) is 105 Å². The van der Waals surface area contributed by atoms with Gasteiger partial charge in [-0.25, -0.2) is 8.78 Å². The van der Waals surface area contributed by atoms with Crippen LogP contribution in [0.3, 0.4) is 0 Å². The van der Waals surface area contributed by atoms with E-state index >= 15 is 0 Å². The molecule has 0 aliphatic carbocycles. The lowest BCUT2D eigenvalue weighted by molar-refractivity contribution is 0.104. The van der Waals surface area contributed by atoms with Crippen molar-refractivity contribution >= 4 is 5.78 Å². The SMILES string of the molecule is C=CC(=O)c1ccc(CC(c2ccc(C(C)(C)C)cc2)c2cc(-c3ccc(-c4ccc(F)cc4F)cc3)on2)cc1. The maximum absolute atomic E-state index is 14.3. The Hall–Kier alpha value is -4.64. The van der Waals surface area contributed by atoms with Gasteiger partial charge in [0.25, 0.3) is 0 Å². The van der Waals surface area contributed by atoms with Gasteiger partial charge in [0.15, 0.2) is 11.5 Å². The molecule has 5 rings (SSSR count). The number of aromatic nitrogens is 1. The van der Waals surface area contributed by atoms with E-state index in [0.717, 1.165) is 28.5 Å². The molecule has 41 heavy (non-hydrogen) atoms. The smallest absolute Gasteiger partial charge is 0.185 e. The molecule has 1 unspecified atom stereocenters. The summed E-state index contributed by atoms with van der Waals surface area (Å²) in [6.45, 7) is 10.1. The van der Waals surface area contributed by atoms with Gasteiger partial charge < -0.3 is 4.52 Å². The highest BCUT2D eigenvalue weighted by Crippen LogP contribution is 2.34. The molecule has 5 heteroatoms. The van der Waals surface area contributed by atoms with Gasteiger partial charge in [-0.3, -0.25) is 4.79 Å². The molecule has 5 aromatic rings. The summed E-state index contributed by atoms with van der Waals surface area (Å²) in [5.41, 5.74) is 6.58. The predicted octanol–water partition coefficient (Wildman–Crippen LogP) is 9.33. The Morgan fingerprint density at radius 2 is 1.54 bits per heavy atom. The Morgan fingerprint density at radius 3 is 2.15 bits per heavy atom. The van der Waals surface area contributed by atoms with Crippen LogP contribution >= 0.6 is 0 Å². The Kier molecular flexibility index (Phi) is 7.80.